The fourth-order valence-electron chi connectivity index (χ4n) is 5.17. The molecule has 1 aromatic carbocycles. The molecule has 6 rings (SSSR count). The van der Waals surface area contributed by atoms with Gasteiger partial charge < -0.3 is 14.5 Å². The van der Waals surface area contributed by atoms with Gasteiger partial charge in [-0.15, -0.1) is 0 Å². The zero-order valence-electron chi connectivity index (χ0n) is 16.7. The average Bonchev–Trinajstić information content (AvgIpc) is 3.30. The van der Waals surface area contributed by atoms with Crippen LogP contribution in [-0.4, -0.2) is 27.5 Å². The molecule has 0 unspecified atom stereocenters. The van der Waals surface area contributed by atoms with Gasteiger partial charge in [0.25, 0.3) is 5.56 Å². The number of pyridine rings is 2. The normalized spacial score (nSPS) is 22.1. The highest BCUT2D eigenvalue weighted by Crippen LogP contribution is 2.66. The third-order valence-electron chi connectivity index (χ3n) is 6.76. The number of hydrogen-bond donors (Lipinski definition) is 1. The third-order valence-corrected chi connectivity index (χ3v) is 6.76. The molecular weight excluding hydrogens is 376 g/mol. The van der Waals surface area contributed by atoms with E-state index in [-0.39, 0.29) is 17.4 Å². The molecule has 1 spiro atoms. The summed E-state index contributed by atoms with van der Waals surface area (Å²) in [6.07, 6.45) is 6.14. The first kappa shape index (κ1) is 17.2. The molecule has 2 atom stereocenters. The molecule has 1 aliphatic heterocycles. The predicted octanol–water partition coefficient (Wildman–Crippen LogP) is 3.33. The Kier molecular flexibility index (Phi) is 3.26. The minimum Gasteiger partial charge on any atom is -0.350 e. The molecule has 1 fully saturated rings. The maximum atomic E-state index is 13.3. The lowest BCUT2D eigenvalue weighted by molar-refractivity contribution is -0.120. The van der Waals surface area contributed by atoms with E-state index in [9.17, 15) is 9.59 Å². The summed E-state index contributed by atoms with van der Waals surface area (Å²) in [6.45, 7) is 0. The molecule has 1 saturated carbocycles. The molecule has 1 N–H and O–H groups in total. The number of hydrogen-bond acceptors (Lipinski definition) is 3. The summed E-state index contributed by atoms with van der Waals surface area (Å²) in [5, 5.41) is 0.895. The van der Waals surface area contributed by atoms with Crippen molar-refractivity contribution in [2.24, 2.45) is 7.05 Å². The molecule has 4 aromatic rings. The van der Waals surface area contributed by atoms with Crippen LogP contribution in [0, 0.1) is 0 Å². The molecule has 3 aromatic heterocycles. The van der Waals surface area contributed by atoms with E-state index in [2.05, 4.69) is 16.0 Å². The molecule has 30 heavy (non-hydrogen) atoms. The molecular formula is C24H20N4O2. The van der Waals surface area contributed by atoms with Crippen LogP contribution in [0.5, 0.6) is 0 Å². The van der Waals surface area contributed by atoms with Crippen LogP contribution in [0.3, 0.4) is 0 Å². The topological polar surface area (TPSA) is 71.0 Å². The van der Waals surface area contributed by atoms with E-state index in [0.717, 1.165) is 39.9 Å². The Morgan fingerprint density at radius 3 is 2.67 bits per heavy atom. The Labute approximate surface area is 172 Å². The van der Waals surface area contributed by atoms with Crippen LogP contribution in [0.1, 0.15) is 23.5 Å². The van der Waals surface area contributed by atoms with Crippen LogP contribution in [0.2, 0.25) is 0 Å². The largest absolute Gasteiger partial charge is 0.350 e. The first-order valence-electron chi connectivity index (χ1n) is 10.0. The molecule has 0 saturated heterocycles. The third kappa shape index (κ3) is 2.05. The van der Waals surface area contributed by atoms with Gasteiger partial charge in [0.15, 0.2) is 0 Å². The Morgan fingerprint density at radius 1 is 1.10 bits per heavy atom. The number of aromatic nitrogens is 3. The summed E-state index contributed by atoms with van der Waals surface area (Å²) in [5.74, 6) is 0.187. The van der Waals surface area contributed by atoms with Crippen LogP contribution >= 0.6 is 0 Å². The molecule has 1 amide bonds. The van der Waals surface area contributed by atoms with Crippen LogP contribution in [0.25, 0.3) is 22.2 Å². The molecule has 148 valence electrons. The van der Waals surface area contributed by atoms with Gasteiger partial charge >= 0.3 is 0 Å². The molecule has 1 aliphatic carbocycles. The summed E-state index contributed by atoms with van der Waals surface area (Å²) < 4.78 is 1.62. The van der Waals surface area contributed by atoms with Gasteiger partial charge in [0, 0.05) is 60.9 Å². The Hall–Kier alpha value is -3.67. The molecule has 0 bridgehead atoms. The van der Waals surface area contributed by atoms with Gasteiger partial charge in [0.05, 0.1) is 5.41 Å². The quantitative estimate of drug-likeness (QED) is 0.565. The minimum atomic E-state index is -0.524. The van der Waals surface area contributed by atoms with Crippen molar-refractivity contribution in [2.75, 3.05) is 11.9 Å². The summed E-state index contributed by atoms with van der Waals surface area (Å²) in [7, 11) is 3.61. The first-order valence-corrected chi connectivity index (χ1v) is 10.0. The number of nitrogens with zero attached hydrogens (tertiary/aromatic N) is 3. The van der Waals surface area contributed by atoms with E-state index in [1.807, 2.05) is 49.6 Å². The minimum absolute atomic E-state index is 0.0477. The van der Waals surface area contributed by atoms with Crippen LogP contribution in [0.4, 0.5) is 5.69 Å². The number of nitrogens with one attached hydrogen (secondary N) is 1. The monoisotopic (exact) mass is 396 g/mol. The SMILES string of the molecule is CN1C(=O)[C@@]2(C[C@H]2c2cn(C)c(=O)c3[nH]c(-c4ccncc4)cc23)c2ccccc21. The van der Waals surface area contributed by atoms with Gasteiger partial charge in [-0.25, -0.2) is 0 Å². The van der Waals surface area contributed by atoms with Crippen LogP contribution in [0.15, 0.2) is 65.8 Å². The second-order valence-electron chi connectivity index (χ2n) is 8.32. The Bertz CT molecular complexity index is 1400. The molecule has 0 radical (unpaired) electrons. The smallest absolute Gasteiger partial charge is 0.274 e. The van der Waals surface area contributed by atoms with E-state index >= 15 is 0 Å². The Morgan fingerprint density at radius 2 is 1.87 bits per heavy atom. The van der Waals surface area contributed by atoms with Gasteiger partial charge in [-0.05, 0) is 41.8 Å². The number of fused-ring (bicyclic) bond motifs is 3. The van der Waals surface area contributed by atoms with Crippen molar-refractivity contribution in [2.45, 2.75) is 17.8 Å². The number of para-hydroxylation sites is 1. The van der Waals surface area contributed by atoms with Crippen molar-refractivity contribution in [3.05, 3.63) is 82.5 Å². The van der Waals surface area contributed by atoms with Crippen molar-refractivity contribution >= 4 is 22.5 Å². The maximum Gasteiger partial charge on any atom is 0.274 e. The van der Waals surface area contributed by atoms with Gasteiger partial charge in [-0.2, -0.15) is 0 Å². The second kappa shape index (κ2) is 5.69. The fourth-order valence-corrected chi connectivity index (χ4v) is 5.17. The number of H-pyrrole nitrogens is 1. The number of carbonyl (C=O) groups excluding carboxylic acids is 1. The fraction of sp³-hybridized carbons (Fsp3) is 0.208. The van der Waals surface area contributed by atoms with Crippen LogP contribution in [-0.2, 0) is 17.3 Å². The molecule has 6 nitrogen and oxygen atoms in total. The number of aromatic amines is 1. The number of rotatable bonds is 2. The highest BCUT2D eigenvalue weighted by atomic mass is 16.2. The van der Waals surface area contributed by atoms with Gasteiger partial charge in [-0.1, -0.05) is 18.2 Å². The van der Waals surface area contributed by atoms with E-state index in [1.54, 1.807) is 28.9 Å². The highest BCUT2D eigenvalue weighted by molar-refractivity contribution is 6.11. The molecule has 4 heterocycles. The second-order valence-corrected chi connectivity index (χ2v) is 8.32. The van der Waals surface area contributed by atoms with Crippen molar-refractivity contribution < 1.29 is 4.79 Å². The first-order chi connectivity index (χ1) is 14.5. The Balaban J connectivity index is 1.55. The van der Waals surface area contributed by atoms with Crippen molar-refractivity contribution in [3.8, 4) is 11.3 Å². The number of aryl methyl sites for hydroxylation is 1. The number of benzene rings is 1. The van der Waals surface area contributed by atoms with Crippen molar-refractivity contribution in [1.82, 2.24) is 14.5 Å². The summed E-state index contributed by atoms with van der Waals surface area (Å²) in [4.78, 5) is 35.3. The highest BCUT2D eigenvalue weighted by Gasteiger charge is 2.67. The van der Waals surface area contributed by atoms with E-state index in [0.29, 0.717) is 5.52 Å². The number of likely N-dealkylation sites (N-methyl/N-ethyl adjacent to an activating group) is 1. The lowest BCUT2D eigenvalue weighted by Crippen LogP contribution is -2.29. The predicted molar refractivity (Wildman–Crippen MR) is 116 cm³/mol. The van der Waals surface area contributed by atoms with Gasteiger partial charge in [0.2, 0.25) is 5.91 Å². The van der Waals surface area contributed by atoms with Crippen molar-refractivity contribution in [3.63, 3.8) is 0 Å². The zero-order valence-corrected chi connectivity index (χ0v) is 16.7. The van der Waals surface area contributed by atoms with Crippen LogP contribution < -0.4 is 10.5 Å². The number of carbonyl (C=O) groups is 1. The number of anilines is 1. The molecule has 2 aliphatic rings. The van der Waals surface area contributed by atoms with Gasteiger partial charge in [-0.3, -0.25) is 14.6 Å². The summed E-state index contributed by atoms with van der Waals surface area (Å²) >= 11 is 0. The van der Waals surface area contributed by atoms with E-state index < -0.39 is 5.41 Å². The van der Waals surface area contributed by atoms with Gasteiger partial charge in [0.1, 0.15) is 5.52 Å². The standard InChI is InChI=1S/C24H20N4O2/c1-27-13-16(15-11-19(26-21(15)22(27)29)14-7-9-25-10-8-14)18-12-24(18)17-5-3-4-6-20(17)28(2)23(24)30/h3-11,13,18,26H,12H2,1-2H3/t18-,24-/m0/s1. The van der Waals surface area contributed by atoms with E-state index in [1.165, 1.54) is 0 Å². The average molecular weight is 396 g/mol. The zero-order chi connectivity index (χ0) is 20.6. The summed E-state index contributed by atoms with van der Waals surface area (Å²) in [6, 6.07) is 13.9. The molecule has 6 heteroatoms. The van der Waals surface area contributed by atoms with E-state index in [4.69, 9.17) is 0 Å². The maximum absolute atomic E-state index is 13.3. The lowest BCUT2D eigenvalue weighted by atomic mass is 9.91. The van der Waals surface area contributed by atoms with Crippen molar-refractivity contribution in [1.29, 1.82) is 0 Å². The number of amides is 1. The lowest BCUT2D eigenvalue weighted by Gasteiger charge is -2.12. The summed E-state index contributed by atoms with van der Waals surface area (Å²) in [5.41, 5.74) is 4.96.